The van der Waals surface area contributed by atoms with Gasteiger partial charge in [0.1, 0.15) is 11.5 Å². The molecule has 0 fully saturated rings. The van der Waals surface area contributed by atoms with Crippen LogP contribution in [0.2, 0.25) is 0 Å². The normalized spacial score (nSPS) is 12.1. The van der Waals surface area contributed by atoms with Gasteiger partial charge in [0, 0.05) is 0 Å². The molecule has 2 aromatic rings. The summed E-state index contributed by atoms with van der Waals surface area (Å²) in [7, 11) is -3.66. The highest BCUT2D eigenvalue weighted by Crippen LogP contribution is 2.29. The molecule has 0 spiro atoms. The van der Waals surface area contributed by atoms with Crippen LogP contribution in [0.25, 0.3) is 0 Å². The maximum atomic E-state index is 12.2. The second-order valence-electron chi connectivity index (χ2n) is 6.04. The standard InChI is InChI=1S/C18H22O3S/c1-4-18(2,3)16-11-8-12-17(13-16)21-22(19,20)14-15-9-6-5-7-10-15/h5-13H,4,14H2,1-3H3. The van der Waals surface area contributed by atoms with Crippen LogP contribution in [0, 0.1) is 0 Å². The summed E-state index contributed by atoms with van der Waals surface area (Å²) in [6.07, 6.45) is 0.965. The van der Waals surface area contributed by atoms with E-state index in [0.29, 0.717) is 11.3 Å². The van der Waals surface area contributed by atoms with Gasteiger partial charge in [0.2, 0.25) is 0 Å². The lowest BCUT2D eigenvalue weighted by molar-refractivity contribution is 0.477. The van der Waals surface area contributed by atoms with Gasteiger partial charge < -0.3 is 4.18 Å². The molecule has 2 aromatic carbocycles. The Labute approximate surface area is 133 Å². The Balaban J connectivity index is 2.18. The van der Waals surface area contributed by atoms with Crippen molar-refractivity contribution >= 4 is 10.1 Å². The predicted molar refractivity (Wildman–Crippen MR) is 89.5 cm³/mol. The van der Waals surface area contributed by atoms with Gasteiger partial charge in [-0.3, -0.25) is 0 Å². The molecule has 0 N–H and O–H groups in total. The molecule has 4 heteroatoms. The zero-order valence-electron chi connectivity index (χ0n) is 13.2. The van der Waals surface area contributed by atoms with Crippen LogP contribution in [0.5, 0.6) is 5.75 Å². The maximum Gasteiger partial charge on any atom is 0.313 e. The largest absolute Gasteiger partial charge is 0.382 e. The first-order valence-corrected chi connectivity index (χ1v) is 8.97. The zero-order chi connectivity index (χ0) is 16.2. The molecule has 0 bridgehead atoms. The van der Waals surface area contributed by atoms with Crippen LogP contribution in [0.3, 0.4) is 0 Å². The first kappa shape index (κ1) is 16.6. The van der Waals surface area contributed by atoms with Gasteiger partial charge in [-0.15, -0.1) is 0 Å². The fourth-order valence-electron chi connectivity index (χ4n) is 2.13. The molecule has 2 rings (SSSR count). The Morgan fingerprint density at radius 2 is 1.68 bits per heavy atom. The highest BCUT2D eigenvalue weighted by Gasteiger charge is 2.20. The fourth-order valence-corrected chi connectivity index (χ4v) is 3.18. The Kier molecular flexibility index (Phi) is 4.91. The van der Waals surface area contributed by atoms with Gasteiger partial charge in [-0.25, -0.2) is 0 Å². The highest BCUT2D eigenvalue weighted by atomic mass is 32.2. The van der Waals surface area contributed by atoms with Gasteiger partial charge in [0.05, 0.1) is 0 Å². The van der Waals surface area contributed by atoms with E-state index in [1.165, 1.54) is 0 Å². The first-order valence-electron chi connectivity index (χ1n) is 7.39. The topological polar surface area (TPSA) is 43.4 Å². The molecule has 3 nitrogen and oxygen atoms in total. The van der Waals surface area contributed by atoms with Crippen LogP contribution in [0.4, 0.5) is 0 Å². The number of hydrogen-bond donors (Lipinski definition) is 0. The molecule has 0 aliphatic heterocycles. The summed E-state index contributed by atoms with van der Waals surface area (Å²) >= 11 is 0. The average molecular weight is 318 g/mol. The summed E-state index contributed by atoms with van der Waals surface area (Å²) < 4.78 is 29.6. The Morgan fingerprint density at radius 3 is 2.32 bits per heavy atom. The van der Waals surface area contributed by atoms with Gasteiger partial charge in [0.15, 0.2) is 0 Å². The minimum absolute atomic E-state index is 0.0113. The monoisotopic (exact) mass is 318 g/mol. The Morgan fingerprint density at radius 1 is 1.00 bits per heavy atom. The molecule has 0 saturated heterocycles. The van der Waals surface area contributed by atoms with Gasteiger partial charge in [0.25, 0.3) is 0 Å². The molecule has 0 aliphatic carbocycles. The van der Waals surface area contributed by atoms with Crippen LogP contribution < -0.4 is 4.18 Å². The quantitative estimate of drug-likeness (QED) is 0.747. The van der Waals surface area contributed by atoms with E-state index in [2.05, 4.69) is 20.8 Å². The lowest BCUT2D eigenvalue weighted by Crippen LogP contribution is -2.16. The van der Waals surface area contributed by atoms with Crippen molar-refractivity contribution in [2.45, 2.75) is 38.4 Å². The van der Waals surface area contributed by atoms with Crippen molar-refractivity contribution in [2.75, 3.05) is 0 Å². The van der Waals surface area contributed by atoms with E-state index in [9.17, 15) is 8.42 Å². The lowest BCUT2D eigenvalue weighted by Gasteiger charge is -2.23. The van der Waals surface area contributed by atoms with E-state index in [4.69, 9.17) is 4.18 Å². The maximum absolute atomic E-state index is 12.2. The number of benzene rings is 2. The second kappa shape index (κ2) is 6.53. The third-order valence-electron chi connectivity index (χ3n) is 3.91. The summed E-state index contributed by atoms with van der Waals surface area (Å²) in [5.74, 6) is 0.241. The highest BCUT2D eigenvalue weighted by molar-refractivity contribution is 7.86. The summed E-state index contributed by atoms with van der Waals surface area (Å²) in [4.78, 5) is 0. The van der Waals surface area contributed by atoms with Crippen molar-refractivity contribution in [3.63, 3.8) is 0 Å². The molecular formula is C18H22O3S. The molecule has 0 aromatic heterocycles. The molecule has 118 valence electrons. The minimum atomic E-state index is -3.66. The van der Waals surface area contributed by atoms with Crippen molar-refractivity contribution < 1.29 is 12.6 Å². The average Bonchev–Trinajstić information content (AvgIpc) is 2.47. The molecule has 0 unspecified atom stereocenters. The van der Waals surface area contributed by atoms with E-state index in [1.807, 2.05) is 36.4 Å². The summed E-state index contributed by atoms with van der Waals surface area (Å²) in [5.41, 5.74) is 1.78. The molecule has 0 heterocycles. The van der Waals surface area contributed by atoms with E-state index in [0.717, 1.165) is 12.0 Å². The zero-order valence-corrected chi connectivity index (χ0v) is 14.1. The summed E-state index contributed by atoms with van der Waals surface area (Å²) in [6, 6.07) is 16.4. The predicted octanol–water partition coefficient (Wildman–Crippen LogP) is 4.28. The minimum Gasteiger partial charge on any atom is -0.382 e. The van der Waals surface area contributed by atoms with Crippen LogP contribution in [0.15, 0.2) is 54.6 Å². The first-order chi connectivity index (χ1) is 10.3. The van der Waals surface area contributed by atoms with Crippen LogP contribution in [-0.2, 0) is 21.3 Å². The van der Waals surface area contributed by atoms with Gasteiger partial charge in [-0.05, 0) is 35.1 Å². The molecule has 22 heavy (non-hydrogen) atoms. The van der Waals surface area contributed by atoms with Crippen molar-refractivity contribution in [1.29, 1.82) is 0 Å². The van der Waals surface area contributed by atoms with Gasteiger partial charge in [-0.1, -0.05) is 63.2 Å². The summed E-state index contributed by atoms with van der Waals surface area (Å²) in [5, 5.41) is 0. The molecule has 0 saturated carbocycles. The number of rotatable bonds is 6. The SMILES string of the molecule is CCC(C)(C)c1cccc(OS(=O)(=O)Cc2ccccc2)c1. The molecule has 0 atom stereocenters. The smallest absolute Gasteiger partial charge is 0.313 e. The van der Waals surface area contributed by atoms with Crippen molar-refractivity contribution in [3.05, 3.63) is 65.7 Å². The fraction of sp³-hybridized carbons (Fsp3) is 0.333. The van der Waals surface area contributed by atoms with E-state index < -0.39 is 10.1 Å². The lowest BCUT2D eigenvalue weighted by atomic mass is 9.82. The third kappa shape index (κ3) is 4.34. The van der Waals surface area contributed by atoms with Gasteiger partial charge in [-0.2, -0.15) is 8.42 Å². The summed E-state index contributed by atoms with van der Waals surface area (Å²) in [6.45, 7) is 6.37. The van der Waals surface area contributed by atoms with Crippen molar-refractivity contribution in [1.82, 2.24) is 0 Å². The molecule has 0 aliphatic rings. The van der Waals surface area contributed by atoms with E-state index >= 15 is 0 Å². The van der Waals surface area contributed by atoms with E-state index in [-0.39, 0.29) is 11.2 Å². The van der Waals surface area contributed by atoms with Crippen molar-refractivity contribution in [3.8, 4) is 5.75 Å². The molecular weight excluding hydrogens is 296 g/mol. The van der Waals surface area contributed by atoms with Crippen LogP contribution in [-0.4, -0.2) is 8.42 Å². The Hall–Kier alpha value is -1.81. The second-order valence-corrected chi connectivity index (χ2v) is 7.61. The molecule has 0 radical (unpaired) electrons. The third-order valence-corrected chi connectivity index (χ3v) is 5.04. The van der Waals surface area contributed by atoms with Crippen LogP contribution in [0.1, 0.15) is 38.3 Å². The van der Waals surface area contributed by atoms with Crippen LogP contribution >= 0.6 is 0 Å². The van der Waals surface area contributed by atoms with E-state index in [1.54, 1.807) is 18.2 Å². The number of hydrogen-bond acceptors (Lipinski definition) is 3. The van der Waals surface area contributed by atoms with Crippen molar-refractivity contribution in [2.24, 2.45) is 0 Å². The Bertz CT molecular complexity index is 719. The molecule has 0 amide bonds. The van der Waals surface area contributed by atoms with Gasteiger partial charge >= 0.3 is 10.1 Å².